The smallest absolute Gasteiger partial charge is 0.177 e. The normalized spacial score (nSPS) is 11.1. The molecule has 0 amide bonds. The van der Waals surface area contributed by atoms with Crippen molar-refractivity contribution in [2.24, 2.45) is 0 Å². The average molecular weight is 273 g/mol. The molecule has 0 bridgehead atoms. The second-order valence-corrected chi connectivity index (χ2v) is 4.72. The molecule has 1 heterocycles. The first-order valence-electron chi connectivity index (χ1n) is 4.52. The van der Waals surface area contributed by atoms with E-state index in [0.29, 0.717) is 0 Å². The number of halogens is 2. The van der Waals surface area contributed by atoms with Crippen molar-refractivity contribution in [3.05, 3.63) is 34.5 Å². The molecule has 0 aliphatic carbocycles. The van der Waals surface area contributed by atoms with Gasteiger partial charge in [0.25, 0.3) is 0 Å². The van der Waals surface area contributed by atoms with E-state index in [9.17, 15) is 4.39 Å². The summed E-state index contributed by atoms with van der Waals surface area (Å²) >= 11 is 4.70. The summed E-state index contributed by atoms with van der Waals surface area (Å²) in [6.07, 6.45) is 0.957. The van der Waals surface area contributed by atoms with E-state index in [2.05, 4.69) is 28.9 Å². The predicted octanol–water partition coefficient (Wildman–Crippen LogP) is 4.50. The van der Waals surface area contributed by atoms with Gasteiger partial charge in [0.15, 0.2) is 5.13 Å². The fourth-order valence-electron chi connectivity index (χ4n) is 1.68. The van der Waals surface area contributed by atoms with Crippen LogP contribution in [0.5, 0.6) is 0 Å². The summed E-state index contributed by atoms with van der Waals surface area (Å²) in [5, 5.41) is 1.77. The third kappa shape index (κ3) is 1.59. The molecule has 0 nitrogen and oxygen atoms in total. The maximum absolute atomic E-state index is 13.1. The average Bonchev–Trinajstić information content (AvgIpc) is 2.56. The number of alkyl halides is 1. The van der Waals surface area contributed by atoms with Crippen LogP contribution in [0.1, 0.15) is 18.1 Å². The van der Waals surface area contributed by atoms with Gasteiger partial charge >= 0.3 is 0 Å². The lowest BCUT2D eigenvalue weighted by molar-refractivity contribution is 0.658. The van der Waals surface area contributed by atoms with Gasteiger partial charge in [-0.25, -0.2) is 0 Å². The van der Waals surface area contributed by atoms with Gasteiger partial charge in [0, 0.05) is 10.0 Å². The zero-order valence-corrected chi connectivity index (χ0v) is 10.2. The Kier molecular flexibility index (Phi) is 2.88. The van der Waals surface area contributed by atoms with Crippen LogP contribution in [0.4, 0.5) is 4.39 Å². The van der Waals surface area contributed by atoms with Crippen molar-refractivity contribution in [2.75, 3.05) is 0 Å². The van der Waals surface area contributed by atoms with Crippen LogP contribution in [-0.2, 0) is 11.8 Å². The molecule has 2 aromatic rings. The molecule has 0 fully saturated rings. The largest absolute Gasteiger partial charge is 0.195 e. The van der Waals surface area contributed by atoms with E-state index in [1.54, 1.807) is 6.07 Å². The highest BCUT2D eigenvalue weighted by atomic mass is 79.9. The van der Waals surface area contributed by atoms with Crippen LogP contribution >= 0.6 is 27.3 Å². The van der Waals surface area contributed by atoms with Crippen molar-refractivity contribution in [3.8, 4) is 0 Å². The van der Waals surface area contributed by atoms with Crippen molar-refractivity contribution >= 4 is 37.4 Å². The molecule has 14 heavy (non-hydrogen) atoms. The lowest BCUT2D eigenvalue weighted by Crippen LogP contribution is -1.88. The van der Waals surface area contributed by atoms with Crippen LogP contribution in [0.2, 0.25) is 0 Å². The fraction of sp³-hybridized carbons (Fsp3) is 0.273. The number of rotatable bonds is 2. The van der Waals surface area contributed by atoms with E-state index in [1.165, 1.54) is 22.5 Å². The number of benzene rings is 1. The monoisotopic (exact) mass is 272 g/mol. The van der Waals surface area contributed by atoms with Crippen LogP contribution < -0.4 is 0 Å². The molecular weight excluding hydrogens is 263 g/mol. The highest BCUT2D eigenvalue weighted by molar-refractivity contribution is 9.08. The summed E-state index contributed by atoms with van der Waals surface area (Å²) in [5.41, 5.74) is 2.54. The standard InChI is InChI=1S/C11H10BrFS/c1-2-9-8(6-12)4-3-7-5-10(13)14-11(7)9/h3-5H,2,6H2,1H3. The Labute approximate surface area is 94.9 Å². The number of thiophene rings is 1. The summed E-state index contributed by atoms with van der Waals surface area (Å²) < 4.78 is 14.2. The minimum absolute atomic E-state index is 0.0959. The first-order valence-corrected chi connectivity index (χ1v) is 6.45. The first kappa shape index (κ1) is 10.1. The number of hydrogen-bond donors (Lipinski definition) is 0. The summed E-state index contributed by atoms with van der Waals surface area (Å²) in [6, 6.07) is 5.67. The van der Waals surface area contributed by atoms with Crippen molar-refractivity contribution in [2.45, 2.75) is 18.7 Å². The Balaban J connectivity index is 2.75. The molecule has 1 aromatic carbocycles. The summed E-state index contributed by atoms with van der Waals surface area (Å²) in [6.45, 7) is 2.11. The van der Waals surface area contributed by atoms with E-state index in [4.69, 9.17) is 0 Å². The van der Waals surface area contributed by atoms with E-state index in [-0.39, 0.29) is 5.13 Å². The molecule has 3 heteroatoms. The summed E-state index contributed by atoms with van der Waals surface area (Å²) in [7, 11) is 0. The molecule has 0 spiro atoms. The maximum Gasteiger partial charge on any atom is 0.177 e. The van der Waals surface area contributed by atoms with Gasteiger partial charge in [-0.3, -0.25) is 0 Å². The van der Waals surface area contributed by atoms with Crippen LogP contribution in [0.25, 0.3) is 10.1 Å². The minimum Gasteiger partial charge on any atom is -0.195 e. The minimum atomic E-state index is -0.0959. The van der Waals surface area contributed by atoms with Crippen molar-refractivity contribution in [3.63, 3.8) is 0 Å². The molecule has 1 aromatic heterocycles. The van der Waals surface area contributed by atoms with Crippen LogP contribution in [0.15, 0.2) is 18.2 Å². The van der Waals surface area contributed by atoms with E-state index in [0.717, 1.165) is 21.8 Å². The van der Waals surface area contributed by atoms with Crippen molar-refractivity contribution in [1.29, 1.82) is 0 Å². The molecule has 0 atom stereocenters. The second-order valence-electron chi connectivity index (χ2n) is 3.16. The lowest BCUT2D eigenvalue weighted by Gasteiger charge is -2.05. The Hall–Kier alpha value is -0.410. The van der Waals surface area contributed by atoms with E-state index < -0.39 is 0 Å². The quantitative estimate of drug-likeness (QED) is 0.707. The molecule has 2 rings (SSSR count). The highest BCUT2D eigenvalue weighted by Crippen LogP contribution is 2.31. The molecule has 0 unspecified atom stereocenters. The zero-order valence-electron chi connectivity index (χ0n) is 7.81. The Morgan fingerprint density at radius 2 is 2.21 bits per heavy atom. The lowest BCUT2D eigenvalue weighted by atomic mass is 10.0. The van der Waals surface area contributed by atoms with Crippen LogP contribution in [-0.4, -0.2) is 0 Å². The zero-order chi connectivity index (χ0) is 10.1. The van der Waals surface area contributed by atoms with Crippen molar-refractivity contribution < 1.29 is 4.39 Å². The Morgan fingerprint density at radius 3 is 2.86 bits per heavy atom. The van der Waals surface area contributed by atoms with E-state index >= 15 is 0 Å². The summed E-state index contributed by atoms with van der Waals surface area (Å²) in [4.78, 5) is 0. The molecule has 0 radical (unpaired) electrons. The second kappa shape index (κ2) is 3.99. The first-order chi connectivity index (χ1) is 6.76. The van der Waals surface area contributed by atoms with Gasteiger partial charge in [-0.15, -0.1) is 11.3 Å². The molecule has 74 valence electrons. The molecule has 0 aliphatic rings. The van der Waals surface area contributed by atoms with Crippen LogP contribution in [0, 0.1) is 5.13 Å². The highest BCUT2D eigenvalue weighted by Gasteiger charge is 2.08. The molecule has 0 aliphatic heterocycles. The topological polar surface area (TPSA) is 0 Å². The predicted molar refractivity (Wildman–Crippen MR) is 63.8 cm³/mol. The van der Waals surface area contributed by atoms with Gasteiger partial charge in [-0.05, 0) is 29.0 Å². The number of fused-ring (bicyclic) bond motifs is 1. The van der Waals surface area contributed by atoms with Crippen LogP contribution in [0.3, 0.4) is 0 Å². The fourth-order valence-corrected chi connectivity index (χ4v) is 3.23. The van der Waals surface area contributed by atoms with Crippen molar-refractivity contribution in [1.82, 2.24) is 0 Å². The molecule has 0 saturated heterocycles. The molecular formula is C11H10BrFS. The SMILES string of the molecule is CCc1c(CBr)ccc2cc(F)sc12. The third-order valence-electron chi connectivity index (χ3n) is 2.35. The maximum atomic E-state index is 13.1. The molecule has 0 N–H and O–H groups in total. The van der Waals surface area contributed by atoms with Gasteiger partial charge < -0.3 is 0 Å². The van der Waals surface area contributed by atoms with Gasteiger partial charge in [-0.1, -0.05) is 35.0 Å². The van der Waals surface area contributed by atoms with E-state index in [1.807, 2.05) is 6.07 Å². The van der Waals surface area contributed by atoms with Gasteiger partial charge in [-0.2, -0.15) is 4.39 Å². The number of hydrogen-bond acceptors (Lipinski definition) is 1. The Morgan fingerprint density at radius 1 is 1.43 bits per heavy atom. The summed E-state index contributed by atoms with van der Waals surface area (Å²) in [5.74, 6) is 0. The van der Waals surface area contributed by atoms with Gasteiger partial charge in [0.1, 0.15) is 0 Å². The Bertz CT molecular complexity index is 462. The van der Waals surface area contributed by atoms with Gasteiger partial charge in [0.2, 0.25) is 0 Å². The molecule has 0 saturated carbocycles. The number of aryl methyl sites for hydroxylation is 1. The third-order valence-corrected chi connectivity index (χ3v) is 3.96. The van der Waals surface area contributed by atoms with Gasteiger partial charge in [0.05, 0.1) is 0 Å².